The molecule has 0 radical (unpaired) electrons. The maximum atomic E-state index is 15.2. The first-order valence-corrected chi connectivity index (χ1v) is 11.7. The molecule has 0 unspecified atom stereocenters. The van der Waals surface area contributed by atoms with Crippen LogP contribution in [0.15, 0.2) is 4.47 Å². The van der Waals surface area contributed by atoms with Gasteiger partial charge in [-0.1, -0.05) is 18.0 Å². The zero-order valence-corrected chi connectivity index (χ0v) is 19.4. The van der Waals surface area contributed by atoms with E-state index in [1.54, 1.807) is 0 Å². The van der Waals surface area contributed by atoms with Crippen molar-refractivity contribution in [2.24, 2.45) is 5.41 Å². The van der Waals surface area contributed by atoms with E-state index in [4.69, 9.17) is 26.1 Å². The SMILES string of the molecule is CN1CCCCCN2CCOc3c(Cl)c(Br)c(F)c4nc(nc2c34)OCC2(CC2)C1. The first kappa shape index (κ1) is 20.5. The Balaban J connectivity index is 1.63. The Bertz CT molecular complexity index is 988. The van der Waals surface area contributed by atoms with Gasteiger partial charge in [0.25, 0.3) is 0 Å². The number of ether oxygens (including phenoxy) is 2. The quantitative estimate of drug-likeness (QED) is 0.492. The normalized spacial score (nSPS) is 21.8. The number of halogens is 3. The second-order valence-electron chi connectivity index (χ2n) is 8.75. The summed E-state index contributed by atoms with van der Waals surface area (Å²) in [5, 5.41) is 0.744. The summed E-state index contributed by atoms with van der Waals surface area (Å²) >= 11 is 9.67. The summed E-state index contributed by atoms with van der Waals surface area (Å²) < 4.78 is 27.3. The van der Waals surface area contributed by atoms with Crippen molar-refractivity contribution in [1.29, 1.82) is 0 Å². The minimum absolute atomic E-state index is 0.151. The molecule has 0 saturated heterocycles. The molecule has 2 aliphatic heterocycles. The van der Waals surface area contributed by atoms with Gasteiger partial charge < -0.3 is 19.3 Å². The highest BCUT2D eigenvalue weighted by Crippen LogP contribution is 2.48. The second kappa shape index (κ2) is 7.95. The lowest BCUT2D eigenvalue weighted by atomic mass is 10.1. The molecule has 1 aromatic carbocycles. The highest BCUT2D eigenvalue weighted by molar-refractivity contribution is 9.10. The van der Waals surface area contributed by atoms with Gasteiger partial charge in [-0.3, -0.25) is 0 Å². The van der Waals surface area contributed by atoms with Crippen LogP contribution in [-0.4, -0.2) is 61.3 Å². The van der Waals surface area contributed by atoms with Gasteiger partial charge in [-0.2, -0.15) is 9.97 Å². The van der Waals surface area contributed by atoms with Crippen LogP contribution >= 0.6 is 27.5 Å². The predicted molar refractivity (Wildman–Crippen MR) is 118 cm³/mol. The molecule has 3 heterocycles. The molecule has 3 aliphatic rings. The Morgan fingerprint density at radius 3 is 2.70 bits per heavy atom. The van der Waals surface area contributed by atoms with Gasteiger partial charge in [0.05, 0.1) is 23.0 Å². The first-order valence-electron chi connectivity index (χ1n) is 10.5. The molecule has 1 aliphatic carbocycles. The fourth-order valence-corrected chi connectivity index (χ4v) is 5.07. The van der Waals surface area contributed by atoms with E-state index >= 15 is 4.39 Å². The first-order chi connectivity index (χ1) is 14.5. The van der Waals surface area contributed by atoms with E-state index in [-0.39, 0.29) is 26.4 Å². The predicted octanol–water partition coefficient (Wildman–Crippen LogP) is 4.66. The Morgan fingerprint density at radius 2 is 1.90 bits per heavy atom. The van der Waals surface area contributed by atoms with Crippen LogP contribution in [0.4, 0.5) is 10.2 Å². The molecule has 30 heavy (non-hydrogen) atoms. The van der Waals surface area contributed by atoms with E-state index in [9.17, 15) is 0 Å². The van der Waals surface area contributed by atoms with Crippen LogP contribution in [0.1, 0.15) is 32.1 Å². The summed E-state index contributed by atoms with van der Waals surface area (Å²) in [7, 11) is 2.18. The molecule has 6 nitrogen and oxygen atoms in total. The van der Waals surface area contributed by atoms with Crippen LogP contribution in [0.3, 0.4) is 0 Å². The second-order valence-corrected chi connectivity index (χ2v) is 9.92. The Kier molecular flexibility index (Phi) is 5.44. The van der Waals surface area contributed by atoms with Gasteiger partial charge in [-0.25, -0.2) is 4.39 Å². The zero-order chi connectivity index (χ0) is 20.9. The molecule has 1 aromatic heterocycles. The summed E-state index contributed by atoms with van der Waals surface area (Å²) in [6, 6.07) is 0.217. The van der Waals surface area contributed by atoms with E-state index in [0.717, 1.165) is 51.7 Å². The monoisotopic (exact) mass is 498 g/mol. The van der Waals surface area contributed by atoms with Crippen molar-refractivity contribution in [1.82, 2.24) is 14.9 Å². The Morgan fingerprint density at radius 1 is 1.10 bits per heavy atom. The fourth-order valence-electron chi connectivity index (χ4n) is 4.47. The van der Waals surface area contributed by atoms with Crippen molar-refractivity contribution in [3.05, 3.63) is 15.3 Å². The van der Waals surface area contributed by atoms with E-state index in [1.807, 2.05) is 0 Å². The van der Waals surface area contributed by atoms with E-state index in [0.29, 0.717) is 36.7 Å². The molecule has 1 spiro atoms. The molecule has 0 amide bonds. The van der Waals surface area contributed by atoms with E-state index in [2.05, 4.69) is 37.8 Å². The van der Waals surface area contributed by atoms with Crippen molar-refractivity contribution in [3.8, 4) is 11.8 Å². The van der Waals surface area contributed by atoms with E-state index in [1.165, 1.54) is 0 Å². The van der Waals surface area contributed by atoms with E-state index < -0.39 is 5.82 Å². The van der Waals surface area contributed by atoms with Gasteiger partial charge in [0, 0.05) is 18.5 Å². The van der Waals surface area contributed by atoms with Crippen LogP contribution in [-0.2, 0) is 0 Å². The number of hydrogen-bond acceptors (Lipinski definition) is 6. The molecule has 2 aromatic rings. The maximum absolute atomic E-state index is 15.2. The minimum Gasteiger partial charge on any atom is -0.489 e. The summed E-state index contributed by atoms with van der Waals surface area (Å²) in [6.45, 7) is 4.56. The Labute approximate surface area is 188 Å². The number of rotatable bonds is 0. The molecule has 1 fully saturated rings. The molecule has 2 bridgehead atoms. The van der Waals surface area contributed by atoms with Gasteiger partial charge in [0.15, 0.2) is 11.6 Å². The fraction of sp³-hybridized carbons (Fsp3) is 0.619. The smallest absolute Gasteiger partial charge is 0.319 e. The average molecular weight is 500 g/mol. The van der Waals surface area contributed by atoms with Crippen LogP contribution in [0.5, 0.6) is 11.8 Å². The molecule has 1 saturated carbocycles. The largest absolute Gasteiger partial charge is 0.489 e. The highest BCUT2D eigenvalue weighted by atomic mass is 79.9. The number of nitrogens with zero attached hydrogens (tertiary/aromatic N) is 4. The standard InChI is InChI=1S/C21H25BrClFN4O2/c1-27-7-3-2-4-8-28-9-10-29-18-13-17(16(24)14(22)15(18)23)25-20(26-19(13)28)30-12-21(11-27)5-6-21/h2-12H2,1H3. The highest BCUT2D eigenvalue weighted by Gasteiger charge is 2.44. The third kappa shape index (κ3) is 3.71. The van der Waals surface area contributed by atoms with Crippen LogP contribution in [0.2, 0.25) is 5.02 Å². The molecule has 0 N–H and O–H groups in total. The van der Waals surface area contributed by atoms with Gasteiger partial charge in [-0.15, -0.1) is 0 Å². The molecule has 5 rings (SSSR count). The Hall–Kier alpha value is -1.38. The number of fused-ring (bicyclic) bond motifs is 1. The zero-order valence-electron chi connectivity index (χ0n) is 17.0. The van der Waals surface area contributed by atoms with Crippen molar-refractivity contribution in [2.75, 3.05) is 51.3 Å². The summed E-state index contributed by atoms with van der Waals surface area (Å²) in [5.41, 5.74) is 0.334. The van der Waals surface area contributed by atoms with Gasteiger partial charge in [0.2, 0.25) is 0 Å². The summed E-state index contributed by atoms with van der Waals surface area (Å²) in [5.74, 6) is 0.569. The molecular weight excluding hydrogens is 475 g/mol. The number of aromatic nitrogens is 2. The van der Waals surface area contributed by atoms with Gasteiger partial charge >= 0.3 is 6.01 Å². The summed E-state index contributed by atoms with van der Waals surface area (Å²) in [4.78, 5) is 13.7. The van der Waals surface area contributed by atoms with Crippen LogP contribution in [0, 0.1) is 11.2 Å². The number of benzene rings is 1. The topological polar surface area (TPSA) is 50.7 Å². The molecule has 0 atom stereocenters. The number of hydrogen-bond donors (Lipinski definition) is 0. The van der Waals surface area contributed by atoms with Crippen molar-refractivity contribution in [3.63, 3.8) is 0 Å². The molecule has 9 heteroatoms. The third-order valence-corrected chi connectivity index (χ3v) is 7.67. The lowest BCUT2D eigenvalue weighted by molar-refractivity contribution is 0.169. The maximum Gasteiger partial charge on any atom is 0.319 e. The molecule has 162 valence electrons. The lowest BCUT2D eigenvalue weighted by Gasteiger charge is -2.26. The molecular formula is C21H25BrClFN4O2. The van der Waals surface area contributed by atoms with Crippen molar-refractivity contribution < 1.29 is 13.9 Å². The summed E-state index contributed by atoms with van der Waals surface area (Å²) in [6.07, 6.45) is 5.60. The van der Waals surface area contributed by atoms with Crippen LogP contribution < -0.4 is 14.4 Å². The van der Waals surface area contributed by atoms with Crippen LogP contribution in [0.25, 0.3) is 10.9 Å². The van der Waals surface area contributed by atoms with Gasteiger partial charge in [0.1, 0.15) is 23.0 Å². The van der Waals surface area contributed by atoms with Crippen molar-refractivity contribution in [2.45, 2.75) is 32.1 Å². The third-order valence-electron chi connectivity index (χ3n) is 6.33. The van der Waals surface area contributed by atoms with Gasteiger partial charge in [-0.05, 0) is 55.2 Å². The van der Waals surface area contributed by atoms with Crippen molar-refractivity contribution >= 4 is 44.3 Å². The number of anilines is 1. The average Bonchev–Trinajstić information content (AvgIpc) is 3.52. The minimum atomic E-state index is -0.514. The lowest BCUT2D eigenvalue weighted by Crippen LogP contribution is -2.32.